The molecule has 0 aliphatic rings. The average molecular weight is 348 g/mol. The molecule has 24 heavy (non-hydrogen) atoms. The van der Waals surface area contributed by atoms with Gasteiger partial charge in [-0.15, -0.1) is 0 Å². The van der Waals surface area contributed by atoms with Crippen molar-refractivity contribution in [2.24, 2.45) is 0 Å². The Morgan fingerprint density at radius 3 is 2.38 bits per heavy atom. The lowest BCUT2D eigenvalue weighted by atomic mass is 10.1. The second kappa shape index (κ2) is 8.06. The Kier molecular flexibility index (Phi) is 6.10. The fraction of sp³-hybridized carbons (Fsp3) is 0.316. The Labute approximate surface area is 147 Å². The standard InChI is InChI=1S/C19H22ClNO3/c1-13(2)24-17-10-7-15(11-18(17)23-4)19(22)21(3)12-14-5-8-16(20)9-6-14/h5-11,13H,12H2,1-4H3. The Balaban J connectivity index is 2.14. The number of carbonyl (C=O) groups excluding carboxylic acids is 1. The van der Waals surface area contributed by atoms with Crippen LogP contribution >= 0.6 is 11.6 Å². The molecule has 5 heteroatoms. The van der Waals surface area contributed by atoms with E-state index in [9.17, 15) is 4.79 Å². The number of methoxy groups -OCH3 is 1. The van der Waals surface area contributed by atoms with E-state index in [0.29, 0.717) is 28.6 Å². The fourth-order valence-corrected chi connectivity index (χ4v) is 2.43. The average Bonchev–Trinajstić information content (AvgIpc) is 2.56. The maximum atomic E-state index is 12.6. The Morgan fingerprint density at radius 1 is 1.12 bits per heavy atom. The Morgan fingerprint density at radius 2 is 1.79 bits per heavy atom. The van der Waals surface area contributed by atoms with Gasteiger partial charge in [0.25, 0.3) is 5.91 Å². The van der Waals surface area contributed by atoms with Crippen LogP contribution in [0.15, 0.2) is 42.5 Å². The van der Waals surface area contributed by atoms with E-state index in [1.807, 2.05) is 38.1 Å². The van der Waals surface area contributed by atoms with Crippen LogP contribution in [-0.2, 0) is 6.54 Å². The lowest BCUT2D eigenvalue weighted by molar-refractivity contribution is 0.0784. The number of carbonyl (C=O) groups is 1. The van der Waals surface area contributed by atoms with Gasteiger partial charge in [0.1, 0.15) is 0 Å². The minimum absolute atomic E-state index is 0.0352. The molecule has 0 unspecified atom stereocenters. The highest BCUT2D eigenvalue weighted by molar-refractivity contribution is 6.30. The summed E-state index contributed by atoms with van der Waals surface area (Å²) in [6, 6.07) is 12.7. The van der Waals surface area contributed by atoms with Crippen molar-refractivity contribution in [1.29, 1.82) is 0 Å². The second-order valence-electron chi connectivity index (χ2n) is 5.82. The van der Waals surface area contributed by atoms with Gasteiger partial charge >= 0.3 is 0 Å². The molecule has 0 radical (unpaired) electrons. The van der Waals surface area contributed by atoms with Crippen molar-refractivity contribution in [2.45, 2.75) is 26.5 Å². The summed E-state index contributed by atoms with van der Waals surface area (Å²) in [7, 11) is 3.33. The summed E-state index contributed by atoms with van der Waals surface area (Å²) in [5.41, 5.74) is 1.57. The van der Waals surface area contributed by atoms with Gasteiger partial charge in [0.05, 0.1) is 13.2 Å². The minimum Gasteiger partial charge on any atom is -0.493 e. The highest BCUT2D eigenvalue weighted by atomic mass is 35.5. The SMILES string of the molecule is COc1cc(C(=O)N(C)Cc2ccc(Cl)cc2)ccc1OC(C)C. The number of benzene rings is 2. The third kappa shape index (κ3) is 4.65. The van der Waals surface area contributed by atoms with E-state index in [2.05, 4.69) is 0 Å². The minimum atomic E-state index is -0.0839. The predicted molar refractivity (Wildman–Crippen MR) is 96.0 cm³/mol. The zero-order valence-corrected chi connectivity index (χ0v) is 15.1. The molecule has 0 heterocycles. The van der Waals surface area contributed by atoms with Crippen LogP contribution in [0.1, 0.15) is 29.8 Å². The lowest BCUT2D eigenvalue weighted by Crippen LogP contribution is -2.26. The van der Waals surface area contributed by atoms with E-state index in [1.54, 1.807) is 37.3 Å². The first-order valence-electron chi connectivity index (χ1n) is 7.75. The second-order valence-corrected chi connectivity index (χ2v) is 6.26. The van der Waals surface area contributed by atoms with Gasteiger partial charge in [-0.05, 0) is 49.7 Å². The molecule has 0 aromatic heterocycles. The summed E-state index contributed by atoms with van der Waals surface area (Å²) in [5.74, 6) is 1.10. The number of rotatable bonds is 6. The molecule has 0 fully saturated rings. The summed E-state index contributed by atoms with van der Waals surface area (Å²) in [4.78, 5) is 14.3. The van der Waals surface area contributed by atoms with Gasteiger partial charge in [0, 0.05) is 24.2 Å². The van der Waals surface area contributed by atoms with Crippen LogP contribution in [0.4, 0.5) is 0 Å². The molecule has 0 bridgehead atoms. The molecule has 0 atom stereocenters. The molecule has 0 N–H and O–H groups in total. The molecule has 0 aliphatic carbocycles. The lowest BCUT2D eigenvalue weighted by Gasteiger charge is -2.19. The van der Waals surface area contributed by atoms with Gasteiger partial charge < -0.3 is 14.4 Å². The molecule has 2 rings (SSSR count). The van der Waals surface area contributed by atoms with Crippen molar-refractivity contribution in [3.8, 4) is 11.5 Å². The topological polar surface area (TPSA) is 38.8 Å². The van der Waals surface area contributed by atoms with E-state index in [1.165, 1.54) is 0 Å². The van der Waals surface area contributed by atoms with E-state index in [0.717, 1.165) is 5.56 Å². The smallest absolute Gasteiger partial charge is 0.254 e. The molecule has 0 aliphatic heterocycles. The van der Waals surface area contributed by atoms with Gasteiger partial charge in [-0.25, -0.2) is 0 Å². The molecule has 0 spiro atoms. The Bertz CT molecular complexity index is 698. The predicted octanol–water partition coefficient (Wildman–Crippen LogP) is 4.41. The first-order chi connectivity index (χ1) is 11.4. The molecular formula is C19H22ClNO3. The summed E-state index contributed by atoms with van der Waals surface area (Å²) in [6.45, 7) is 4.39. The first-order valence-corrected chi connectivity index (χ1v) is 8.13. The normalized spacial score (nSPS) is 10.6. The number of hydrogen-bond acceptors (Lipinski definition) is 3. The van der Waals surface area contributed by atoms with Gasteiger partial charge in [-0.2, -0.15) is 0 Å². The molecule has 4 nitrogen and oxygen atoms in total. The molecule has 1 amide bonds. The van der Waals surface area contributed by atoms with Crippen molar-refractivity contribution in [3.63, 3.8) is 0 Å². The fourth-order valence-electron chi connectivity index (χ4n) is 2.31. The molecule has 0 saturated heterocycles. The van der Waals surface area contributed by atoms with Crippen LogP contribution < -0.4 is 9.47 Å². The number of ether oxygens (including phenoxy) is 2. The van der Waals surface area contributed by atoms with Crippen LogP contribution in [0.5, 0.6) is 11.5 Å². The van der Waals surface area contributed by atoms with E-state index >= 15 is 0 Å². The number of amides is 1. The number of halogens is 1. The highest BCUT2D eigenvalue weighted by Crippen LogP contribution is 2.29. The molecule has 128 valence electrons. The summed E-state index contributed by atoms with van der Waals surface area (Å²) in [5, 5.41) is 0.679. The molecule has 0 saturated carbocycles. The van der Waals surface area contributed by atoms with Crippen molar-refractivity contribution < 1.29 is 14.3 Å². The molecular weight excluding hydrogens is 326 g/mol. The van der Waals surface area contributed by atoms with Gasteiger partial charge in [-0.1, -0.05) is 23.7 Å². The van der Waals surface area contributed by atoms with Gasteiger partial charge in [0.15, 0.2) is 11.5 Å². The van der Waals surface area contributed by atoms with Crippen LogP contribution in [0.25, 0.3) is 0 Å². The van der Waals surface area contributed by atoms with Crippen molar-refractivity contribution in [3.05, 3.63) is 58.6 Å². The van der Waals surface area contributed by atoms with Crippen molar-refractivity contribution in [2.75, 3.05) is 14.2 Å². The molecule has 2 aromatic rings. The molecule has 2 aromatic carbocycles. The van der Waals surface area contributed by atoms with Crippen LogP contribution in [0.2, 0.25) is 5.02 Å². The van der Waals surface area contributed by atoms with E-state index in [4.69, 9.17) is 21.1 Å². The highest BCUT2D eigenvalue weighted by Gasteiger charge is 2.15. The third-order valence-corrected chi connectivity index (χ3v) is 3.70. The van der Waals surface area contributed by atoms with Crippen LogP contribution in [0.3, 0.4) is 0 Å². The first kappa shape index (κ1) is 18.1. The van der Waals surface area contributed by atoms with E-state index < -0.39 is 0 Å². The third-order valence-electron chi connectivity index (χ3n) is 3.45. The van der Waals surface area contributed by atoms with Crippen LogP contribution in [0, 0.1) is 0 Å². The number of nitrogens with zero attached hydrogens (tertiary/aromatic N) is 1. The number of hydrogen-bond donors (Lipinski definition) is 0. The van der Waals surface area contributed by atoms with Crippen molar-refractivity contribution in [1.82, 2.24) is 4.90 Å². The quantitative estimate of drug-likeness (QED) is 0.777. The summed E-state index contributed by atoms with van der Waals surface area (Å²) < 4.78 is 11.0. The monoisotopic (exact) mass is 347 g/mol. The van der Waals surface area contributed by atoms with E-state index in [-0.39, 0.29) is 12.0 Å². The zero-order valence-electron chi connectivity index (χ0n) is 14.4. The maximum Gasteiger partial charge on any atom is 0.254 e. The zero-order chi connectivity index (χ0) is 17.7. The van der Waals surface area contributed by atoms with Crippen molar-refractivity contribution >= 4 is 17.5 Å². The van der Waals surface area contributed by atoms with Gasteiger partial charge in [-0.3, -0.25) is 4.79 Å². The summed E-state index contributed by atoms with van der Waals surface area (Å²) >= 11 is 5.88. The Hall–Kier alpha value is -2.20. The van der Waals surface area contributed by atoms with Gasteiger partial charge in [0.2, 0.25) is 0 Å². The summed E-state index contributed by atoms with van der Waals surface area (Å²) in [6.07, 6.45) is 0.0352. The maximum absolute atomic E-state index is 12.6. The largest absolute Gasteiger partial charge is 0.493 e. The van der Waals surface area contributed by atoms with Crippen LogP contribution in [-0.4, -0.2) is 31.1 Å².